The topological polar surface area (TPSA) is 84.3 Å². The van der Waals surface area contributed by atoms with Gasteiger partial charge in [-0.3, -0.25) is 9.36 Å². The van der Waals surface area contributed by atoms with E-state index in [1.807, 2.05) is 53.3 Å². The van der Waals surface area contributed by atoms with Crippen molar-refractivity contribution in [2.75, 3.05) is 13.2 Å². The smallest absolute Gasteiger partial charge is 0.161 e. The average Bonchev–Trinajstić information content (AvgIpc) is 3.62. The van der Waals surface area contributed by atoms with Gasteiger partial charge >= 0.3 is 0 Å². The number of aromatic nitrogens is 7. The van der Waals surface area contributed by atoms with Crippen LogP contribution in [0.5, 0.6) is 0 Å². The zero-order valence-corrected chi connectivity index (χ0v) is 20.0. The molecule has 1 aliphatic rings. The summed E-state index contributed by atoms with van der Waals surface area (Å²) in [4.78, 5) is 4.71. The van der Waals surface area contributed by atoms with E-state index >= 15 is 0 Å². The largest absolute Gasteiger partial charge is 0.353 e. The van der Waals surface area contributed by atoms with Crippen LogP contribution in [0.2, 0.25) is 0 Å². The molecule has 0 radical (unpaired) electrons. The number of rotatable bonds is 7. The van der Waals surface area contributed by atoms with Crippen molar-refractivity contribution in [1.82, 2.24) is 34.2 Å². The average molecular weight is 472 g/mol. The number of fused-ring (bicyclic) bond motifs is 2. The van der Waals surface area contributed by atoms with Crippen molar-refractivity contribution in [3.63, 3.8) is 0 Å². The lowest BCUT2D eigenvalue weighted by atomic mass is 9.97. The Morgan fingerprint density at radius 2 is 2.06 bits per heavy atom. The first kappa shape index (κ1) is 21.9. The van der Waals surface area contributed by atoms with Crippen molar-refractivity contribution in [2.45, 2.75) is 44.9 Å². The number of imidazole rings is 1. The highest BCUT2D eigenvalue weighted by molar-refractivity contribution is 5.80. The van der Waals surface area contributed by atoms with Gasteiger partial charge in [0.2, 0.25) is 0 Å². The lowest BCUT2D eigenvalue weighted by molar-refractivity contribution is -0.163. The molecule has 6 rings (SSSR count). The molecule has 0 N–H and O–H groups in total. The van der Waals surface area contributed by atoms with E-state index in [1.54, 1.807) is 4.68 Å². The zero-order chi connectivity index (χ0) is 23.8. The molecule has 9 nitrogen and oxygen atoms in total. The van der Waals surface area contributed by atoms with Gasteiger partial charge in [-0.05, 0) is 43.0 Å². The first-order chi connectivity index (χ1) is 17.2. The second kappa shape index (κ2) is 9.24. The Bertz CT molecular complexity index is 1460. The number of hydrogen-bond acceptors (Lipinski definition) is 6. The van der Waals surface area contributed by atoms with Crippen LogP contribution in [0.4, 0.5) is 0 Å². The molecule has 9 heteroatoms. The first-order valence-electron chi connectivity index (χ1n) is 12.2. The fraction of sp³-hybridized carbons (Fsp3) is 0.385. The Morgan fingerprint density at radius 3 is 2.89 bits per heavy atom. The second-order valence-corrected chi connectivity index (χ2v) is 9.14. The van der Waals surface area contributed by atoms with Gasteiger partial charge < -0.3 is 9.47 Å². The number of hydrogen-bond donors (Lipinski definition) is 0. The molecule has 1 saturated heterocycles. The summed E-state index contributed by atoms with van der Waals surface area (Å²) in [7, 11) is 1.91. The molecule has 0 bridgehead atoms. The SMILES string of the molecule is CC(c1ccc2c(cnn2CCO[C@H]2CCCCO2)c1)c1cnc2c(-c3cnn(C)c3)ccnn12. The molecule has 35 heavy (non-hydrogen) atoms. The van der Waals surface area contributed by atoms with Crippen LogP contribution >= 0.6 is 0 Å². The normalized spacial score (nSPS) is 17.4. The van der Waals surface area contributed by atoms with E-state index in [0.717, 1.165) is 52.8 Å². The maximum Gasteiger partial charge on any atom is 0.161 e. The van der Waals surface area contributed by atoms with Crippen LogP contribution in [-0.4, -0.2) is 53.7 Å². The van der Waals surface area contributed by atoms with Gasteiger partial charge in [0.15, 0.2) is 11.9 Å². The van der Waals surface area contributed by atoms with Gasteiger partial charge in [-0.2, -0.15) is 15.3 Å². The summed E-state index contributed by atoms with van der Waals surface area (Å²) in [5.74, 6) is 0.112. The number of aryl methyl sites for hydroxylation is 1. The Balaban J connectivity index is 1.22. The molecule has 0 saturated carbocycles. The minimum absolute atomic E-state index is 0.0733. The summed E-state index contributed by atoms with van der Waals surface area (Å²) < 4.78 is 17.3. The maximum atomic E-state index is 5.89. The third-order valence-corrected chi connectivity index (χ3v) is 6.80. The third kappa shape index (κ3) is 4.21. The summed E-state index contributed by atoms with van der Waals surface area (Å²) in [6.07, 6.45) is 12.7. The van der Waals surface area contributed by atoms with Gasteiger partial charge in [0, 0.05) is 48.5 Å². The van der Waals surface area contributed by atoms with E-state index in [-0.39, 0.29) is 12.2 Å². The second-order valence-electron chi connectivity index (χ2n) is 9.14. The fourth-order valence-corrected chi connectivity index (χ4v) is 4.83. The predicted molar refractivity (Wildman–Crippen MR) is 132 cm³/mol. The van der Waals surface area contributed by atoms with Crippen LogP contribution in [0.25, 0.3) is 27.7 Å². The number of benzene rings is 1. The van der Waals surface area contributed by atoms with Crippen LogP contribution in [-0.2, 0) is 23.1 Å². The van der Waals surface area contributed by atoms with Gasteiger partial charge in [0.1, 0.15) is 0 Å². The van der Waals surface area contributed by atoms with Crippen LogP contribution < -0.4 is 0 Å². The quantitative estimate of drug-likeness (QED) is 0.354. The highest BCUT2D eigenvalue weighted by Crippen LogP contribution is 2.30. The molecule has 1 fully saturated rings. The van der Waals surface area contributed by atoms with E-state index in [9.17, 15) is 0 Å². The summed E-state index contributed by atoms with van der Waals surface area (Å²) in [6.45, 7) is 4.27. The van der Waals surface area contributed by atoms with E-state index in [1.165, 1.54) is 12.0 Å². The lowest BCUT2D eigenvalue weighted by Crippen LogP contribution is -2.24. The molecule has 0 spiro atoms. The van der Waals surface area contributed by atoms with Gasteiger partial charge in [0.05, 0.1) is 43.0 Å². The van der Waals surface area contributed by atoms with E-state index < -0.39 is 0 Å². The Labute approximate surface area is 203 Å². The van der Waals surface area contributed by atoms with Crippen molar-refractivity contribution in [2.24, 2.45) is 7.05 Å². The Hall–Kier alpha value is -3.56. The van der Waals surface area contributed by atoms with E-state index in [0.29, 0.717) is 13.2 Å². The molecule has 4 aromatic heterocycles. The van der Waals surface area contributed by atoms with Crippen LogP contribution in [0, 0.1) is 0 Å². The molecular weight excluding hydrogens is 442 g/mol. The van der Waals surface area contributed by atoms with Gasteiger partial charge in [-0.15, -0.1) is 0 Å². The van der Waals surface area contributed by atoms with Crippen molar-refractivity contribution in [3.05, 3.63) is 66.5 Å². The molecule has 1 unspecified atom stereocenters. The summed E-state index contributed by atoms with van der Waals surface area (Å²) in [5, 5.41) is 14.6. The maximum absolute atomic E-state index is 5.89. The Kier molecular flexibility index (Phi) is 5.79. The number of nitrogens with zero attached hydrogens (tertiary/aromatic N) is 7. The Morgan fingerprint density at radius 1 is 1.11 bits per heavy atom. The number of ether oxygens (including phenoxy) is 2. The minimum Gasteiger partial charge on any atom is -0.353 e. The van der Waals surface area contributed by atoms with Crippen molar-refractivity contribution < 1.29 is 9.47 Å². The van der Waals surface area contributed by atoms with Gasteiger partial charge in [-0.1, -0.05) is 13.0 Å². The molecule has 180 valence electrons. The standard InChI is InChI=1S/C26H29N7O2/c1-18(24-16-27-26-22(8-9-28-33(24)26)21-15-29-31(2)17-21)19-6-7-23-20(13-19)14-30-32(23)10-12-35-25-5-3-4-11-34-25/h6-9,13-18,25H,3-5,10-12H2,1-2H3/t18?,25-/m0/s1. The predicted octanol–water partition coefficient (Wildman–Crippen LogP) is 4.17. The first-order valence-corrected chi connectivity index (χ1v) is 12.2. The van der Waals surface area contributed by atoms with Gasteiger partial charge in [0.25, 0.3) is 0 Å². The zero-order valence-electron chi connectivity index (χ0n) is 20.0. The third-order valence-electron chi connectivity index (χ3n) is 6.80. The van der Waals surface area contributed by atoms with Crippen molar-refractivity contribution in [1.29, 1.82) is 0 Å². The molecular formula is C26H29N7O2. The minimum atomic E-state index is -0.0733. The molecule has 0 amide bonds. The van der Waals surface area contributed by atoms with Crippen LogP contribution in [0.1, 0.15) is 43.4 Å². The van der Waals surface area contributed by atoms with Crippen LogP contribution in [0.3, 0.4) is 0 Å². The molecule has 5 aromatic rings. The molecule has 0 aliphatic carbocycles. The molecule has 1 aliphatic heterocycles. The van der Waals surface area contributed by atoms with Gasteiger partial charge in [-0.25, -0.2) is 9.50 Å². The van der Waals surface area contributed by atoms with E-state index in [4.69, 9.17) is 14.5 Å². The summed E-state index contributed by atoms with van der Waals surface area (Å²) in [6, 6.07) is 8.50. The molecule has 2 atom stereocenters. The van der Waals surface area contributed by atoms with Crippen molar-refractivity contribution >= 4 is 16.6 Å². The highest BCUT2D eigenvalue weighted by atomic mass is 16.7. The monoisotopic (exact) mass is 471 g/mol. The lowest BCUT2D eigenvalue weighted by Gasteiger charge is -2.22. The van der Waals surface area contributed by atoms with Crippen molar-refractivity contribution in [3.8, 4) is 11.1 Å². The molecule has 1 aromatic carbocycles. The summed E-state index contributed by atoms with van der Waals surface area (Å²) >= 11 is 0. The van der Waals surface area contributed by atoms with Crippen LogP contribution in [0.15, 0.2) is 55.2 Å². The molecule has 5 heterocycles. The van der Waals surface area contributed by atoms with E-state index in [2.05, 4.69) is 40.4 Å². The highest BCUT2D eigenvalue weighted by Gasteiger charge is 2.19. The summed E-state index contributed by atoms with van der Waals surface area (Å²) in [5.41, 5.74) is 6.21. The fourth-order valence-electron chi connectivity index (χ4n) is 4.83.